The number of benzene rings is 1. The molecule has 1 heterocycles. The van der Waals surface area contributed by atoms with E-state index in [2.05, 4.69) is 21.2 Å². The average molecular weight is 330 g/mol. The van der Waals surface area contributed by atoms with Crippen LogP contribution < -0.4 is 5.32 Å². The maximum Gasteiger partial charge on any atom is 0.181 e. The van der Waals surface area contributed by atoms with Crippen LogP contribution in [0.3, 0.4) is 0 Å². The van der Waals surface area contributed by atoms with Gasteiger partial charge in [-0.05, 0) is 37.5 Å². The maximum absolute atomic E-state index is 9.87. The van der Waals surface area contributed by atoms with Gasteiger partial charge in [-0.1, -0.05) is 15.9 Å². The Kier molecular flexibility index (Phi) is 5.21. The molecule has 4 nitrogen and oxygen atoms in total. The van der Waals surface area contributed by atoms with Crippen molar-refractivity contribution < 1.29 is 14.6 Å². The van der Waals surface area contributed by atoms with Crippen LogP contribution in [-0.2, 0) is 9.47 Å². The summed E-state index contributed by atoms with van der Waals surface area (Å²) in [5.41, 5.74) is 2.84. The molecule has 1 atom stereocenters. The SMILES string of the molecule is COC(O)c1cc(Br)cc(NC2CCOCC2)c1C. The highest BCUT2D eigenvalue weighted by molar-refractivity contribution is 9.10. The van der Waals surface area contributed by atoms with Gasteiger partial charge < -0.3 is 19.9 Å². The molecule has 1 aliphatic heterocycles. The quantitative estimate of drug-likeness (QED) is 0.834. The highest BCUT2D eigenvalue weighted by atomic mass is 79.9. The predicted octanol–water partition coefficient (Wildman–Crippen LogP) is 2.99. The van der Waals surface area contributed by atoms with E-state index in [0.717, 1.165) is 47.3 Å². The molecule has 0 spiro atoms. The molecule has 1 aromatic carbocycles. The lowest BCUT2D eigenvalue weighted by atomic mass is 10.0. The van der Waals surface area contributed by atoms with Crippen molar-refractivity contribution in [1.82, 2.24) is 0 Å². The van der Waals surface area contributed by atoms with Gasteiger partial charge in [-0.3, -0.25) is 0 Å². The molecule has 1 aromatic rings. The third-order valence-electron chi connectivity index (χ3n) is 3.48. The maximum atomic E-state index is 9.87. The van der Waals surface area contributed by atoms with Crippen molar-refractivity contribution in [2.24, 2.45) is 0 Å². The lowest BCUT2D eigenvalue weighted by molar-refractivity contribution is -0.0773. The fourth-order valence-corrected chi connectivity index (χ4v) is 2.77. The fourth-order valence-electron chi connectivity index (χ4n) is 2.30. The molecule has 0 saturated carbocycles. The van der Waals surface area contributed by atoms with E-state index < -0.39 is 6.29 Å². The van der Waals surface area contributed by atoms with E-state index in [9.17, 15) is 5.11 Å². The van der Waals surface area contributed by atoms with Crippen LogP contribution in [0.25, 0.3) is 0 Å². The first-order valence-corrected chi connectivity index (χ1v) is 7.26. The first-order chi connectivity index (χ1) is 9.11. The van der Waals surface area contributed by atoms with Crippen molar-refractivity contribution in [3.63, 3.8) is 0 Å². The van der Waals surface area contributed by atoms with Gasteiger partial charge in [0.05, 0.1) is 0 Å². The summed E-state index contributed by atoms with van der Waals surface area (Å²) in [7, 11) is 1.50. The molecule has 2 rings (SSSR count). The summed E-state index contributed by atoms with van der Waals surface area (Å²) in [5, 5.41) is 13.4. The second kappa shape index (κ2) is 6.70. The van der Waals surface area contributed by atoms with Gasteiger partial charge in [0.1, 0.15) is 0 Å². The van der Waals surface area contributed by atoms with Crippen LogP contribution in [0.15, 0.2) is 16.6 Å². The van der Waals surface area contributed by atoms with Gasteiger partial charge in [0.2, 0.25) is 0 Å². The normalized spacial score (nSPS) is 18.3. The van der Waals surface area contributed by atoms with Crippen LogP contribution in [0.2, 0.25) is 0 Å². The van der Waals surface area contributed by atoms with Crippen molar-refractivity contribution in [3.05, 3.63) is 27.7 Å². The zero-order valence-electron chi connectivity index (χ0n) is 11.3. The van der Waals surface area contributed by atoms with Gasteiger partial charge >= 0.3 is 0 Å². The minimum Gasteiger partial charge on any atom is -0.382 e. The Labute approximate surface area is 122 Å². The third-order valence-corrected chi connectivity index (χ3v) is 3.94. The predicted molar refractivity (Wildman–Crippen MR) is 78.3 cm³/mol. The largest absolute Gasteiger partial charge is 0.382 e. The van der Waals surface area contributed by atoms with Crippen LogP contribution in [0.5, 0.6) is 0 Å². The molecule has 0 bridgehead atoms. The Hall–Kier alpha value is -0.620. The number of aliphatic hydroxyl groups is 1. The number of hydrogen-bond donors (Lipinski definition) is 2. The summed E-state index contributed by atoms with van der Waals surface area (Å²) in [4.78, 5) is 0. The number of rotatable bonds is 4. The van der Waals surface area contributed by atoms with E-state index in [4.69, 9.17) is 9.47 Å². The van der Waals surface area contributed by atoms with Crippen molar-refractivity contribution in [3.8, 4) is 0 Å². The van der Waals surface area contributed by atoms with Crippen molar-refractivity contribution in [2.45, 2.75) is 32.1 Å². The molecule has 106 valence electrons. The van der Waals surface area contributed by atoms with Gasteiger partial charge in [0.15, 0.2) is 6.29 Å². The Bertz CT molecular complexity index is 433. The highest BCUT2D eigenvalue weighted by Gasteiger charge is 2.18. The monoisotopic (exact) mass is 329 g/mol. The fraction of sp³-hybridized carbons (Fsp3) is 0.571. The highest BCUT2D eigenvalue weighted by Crippen LogP contribution is 2.30. The van der Waals surface area contributed by atoms with E-state index >= 15 is 0 Å². The molecule has 19 heavy (non-hydrogen) atoms. The minimum absolute atomic E-state index is 0.425. The van der Waals surface area contributed by atoms with Crippen LogP contribution in [0.1, 0.15) is 30.3 Å². The average Bonchev–Trinajstić information content (AvgIpc) is 2.42. The molecule has 0 radical (unpaired) electrons. The molecular formula is C14H20BrNO3. The van der Waals surface area contributed by atoms with Crippen LogP contribution in [-0.4, -0.2) is 31.5 Å². The van der Waals surface area contributed by atoms with Gasteiger partial charge in [-0.15, -0.1) is 0 Å². The summed E-state index contributed by atoms with van der Waals surface area (Å²) < 4.78 is 11.3. The number of hydrogen-bond acceptors (Lipinski definition) is 4. The summed E-state index contributed by atoms with van der Waals surface area (Å²) in [6, 6.07) is 4.35. The van der Waals surface area contributed by atoms with E-state index in [0.29, 0.717) is 6.04 Å². The number of halogens is 1. The van der Waals surface area contributed by atoms with Gasteiger partial charge in [0.25, 0.3) is 0 Å². The molecule has 2 N–H and O–H groups in total. The summed E-state index contributed by atoms with van der Waals surface area (Å²) in [6.07, 6.45) is 1.12. The smallest absolute Gasteiger partial charge is 0.181 e. The van der Waals surface area contributed by atoms with Gasteiger partial charge in [-0.25, -0.2) is 0 Å². The lowest BCUT2D eigenvalue weighted by Gasteiger charge is -2.26. The van der Waals surface area contributed by atoms with E-state index in [1.54, 1.807) is 0 Å². The molecule has 1 aliphatic rings. The summed E-state index contributed by atoms with van der Waals surface area (Å²) in [5.74, 6) is 0. The number of anilines is 1. The number of aliphatic hydroxyl groups excluding tert-OH is 1. The Morgan fingerprint density at radius 3 is 2.74 bits per heavy atom. The third kappa shape index (κ3) is 3.69. The molecular weight excluding hydrogens is 310 g/mol. The minimum atomic E-state index is -0.896. The van der Waals surface area contributed by atoms with E-state index in [1.165, 1.54) is 7.11 Å². The molecule has 1 unspecified atom stereocenters. The molecule has 1 saturated heterocycles. The van der Waals surface area contributed by atoms with E-state index in [-0.39, 0.29) is 0 Å². The van der Waals surface area contributed by atoms with Gasteiger partial charge in [-0.2, -0.15) is 0 Å². The Balaban J connectivity index is 2.21. The summed E-state index contributed by atoms with van der Waals surface area (Å²) in [6.45, 7) is 3.60. The number of ether oxygens (including phenoxy) is 2. The second-order valence-electron chi connectivity index (χ2n) is 4.79. The molecule has 1 fully saturated rings. The first kappa shape index (κ1) is 14.8. The Morgan fingerprint density at radius 1 is 1.42 bits per heavy atom. The lowest BCUT2D eigenvalue weighted by Crippen LogP contribution is -2.28. The number of methoxy groups -OCH3 is 1. The summed E-state index contributed by atoms with van der Waals surface area (Å²) >= 11 is 3.48. The molecule has 0 aromatic heterocycles. The van der Waals surface area contributed by atoms with Crippen molar-refractivity contribution in [1.29, 1.82) is 0 Å². The molecule has 0 amide bonds. The van der Waals surface area contributed by atoms with Crippen molar-refractivity contribution in [2.75, 3.05) is 25.6 Å². The second-order valence-corrected chi connectivity index (χ2v) is 5.70. The van der Waals surface area contributed by atoms with Crippen molar-refractivity contribution >= 4 is 21.6 Å². The Morgan fingerprint density at radius 2 is 2.11 bits per heavy atom. The van der Waals surface area contributed by atoms with Crippen LogP contribution in [0, 0.1) is 6.92 Å². The number of nitrogens with one attached hydrogen (secondary N) is 1. The standard InChI is InChI=1S/C14H20BrNO3/c1-9-12(14(17)18-2)7-10(15)8-13(9)16-11-3-5-19-6-4-11/h7-8,11,14,16-17H,3-6H2,1-2H3. The van der Waals surface area contributed by atoms with E-state index in [1.807, 2.05) is 19.1 Å². The van der Waals surface area contributed by atoms with Crippen LogP contribution in [0.4, 0.5) is 5.69 Å². The first-order valence-electron chi connectivity index (χ1n) is 6.47. The van der Waals surface area contributed by atoms with Crippen LogP contribution >= 0.6 is 15.9 Å². The van der Waals surface area contributed by atoms with Gasteiger partial charge in [0, 0.05) is 42.1 Å². The zero-order chi connectivity index (χ0) is 13.8. The zero-order valence-corrected chi connectivity index (χ0v) is 12.9. The molecule has 0 aliphatic carbocycles. The topological polar surface area (TPSA) is 50.7 Å². The molecule has 5 heteroatoms.